The molecule has 0 atom stereocenters. The molecule has 3 nitrogen and oxygen atoms in total. The Morgan fingerprint density at radius 2 is 2.12 bits per heavy atom. The fourth-order valence-corrected chi connectivity index (χ4v) is 1.93. The van der Waals surface area contributed by atoms with Gasteiger partial charge in [-0.1, -0.05) is 33.2 Å². The van der Waals surface area contributed by atoms with Gasteiger partial charge in [-0.15, -0.1) is 12.4 Å². The summed E-state index contributed by atoms with van der Waals surface area (Å²) in [6, 6.07) is 10.2. The average Bonchev–Trinajstić information content (AvgIpc) is 2.64. The van der Waals surface area contributed by atoms with E-state index in [1.54, 1.807) is 0 Å². The smallest absolute Gasteiger partial charge is 0.133 e. The molecular formula is C12H14BrClN2O. The van der Waals surface area contributed by atoms with Crippen LogP contribution in [-0.2, 0) is 13.1 Å². The minimum Gasteiger partial charge on any atom is -0.361 e. The quantitative estimate of drug-likeness (QED) is 0.938. The predicted octanol–water partition coefficient (Wildman–Crippen LogP) is 3.46. The van der Waals surface area contributed by atoms with Crippen LogP contribution in [-0.4, -0.2) is 5.16 Å². The zero-order chi connectivity index (χ0) is 11.4. The standard InChI is InChI=1S/C12H13BrN2O.ClH/c1-9-5-12(15-16-9)8-14-7-10-3-2-4-11(13)6-10;/h2-6,14H,7-8H2,1H3;1H. The van der Waals surface area contributed by atoms with Crippen LogP contribution in [0.3, 0.4) is 0 Å². The Labute approximate surface area is 115 Å². The van der Waals surface area contributed by atoms with E-state index >= 15 is 0 Å². The van der Waals surface area contributed by atoms with Crippen molar-refractivity contribution in [1.82, 2.24) is 10.5 Å². The highest BCUT2D eigenvalue weighted by Crippen LogP contribution is 2.11. The van der Waals surface area contributed by atoms with Crippen LogP contribution in [0.5, 0.6) is 0 Å². The maximum Gasteiger partial charge on any atom is 0.133 e. The van der Waals surface area contributed by atoms with Gasteiger partial charge >= 0.3 is 0 Å². The van der Waals surface area contributed by atoms with Crippen LogP contribution in [0.1, 0.15) is 17.0 Å². The highest BCUT2D eigenvalue weighted by Gasteiger charge is 1.99. The van der Waals surface area contributed by atoms with Crippen molar-refractivity contribution in [3.8, 4) is 0 Å². The molecule has 1 heterocycles. The van der Waals surface area contributed by atoms with Crippen LogP contribution in [0.25, 0.3) is 0 Å². The maximum absolute atomic E-state index is 4.99. The van der Waals surface area contributed by atoms with E-state index in [0.717, 1.165) is 29.0 Å². The first kappa shape index (κ1) is 14.2. The Kier molecular flexibility index (Phi) is 5.68. The van der Waals surface area contributed by atoms with Crippen molar-refractivity contribution in [2.24, 2.45) is 0 Å². The van der Waals surface area contributed by atoms with E-state index in [0.29, 0.717) is 0 Å². The normalized spacial score (nSPS) is 10.0. The summed E-state index contributed by atoms with van der Waals surface area (Å²) in [7, 11) is 0. The van der Waals surface area contributed by atoms with Crippen LogP contribution >= 0.6 is 28.3 Å². The number of nitrogens with one attached hydrogen (secondary N) is 1. The second kappa shape index (κ2) is 6.79. The number of rotatable bonds is 4. The van der Waals surface area contributed by atoms with Gasteiger partial charge in [-0.25, -0.2) is 0 Å². The molecule has 92 valence electrons. The molecule has 1 aromatic heterocycles. The summed E-state index contributed by atoms with van der Waals surface area (Å²) in [5.74, 6) is 0.847. The van der Waals surface area contributed by atoms with E-state index in [2.05, 4.69) is 38.5 Å². The summed E-state index contributed by atoms with van der Waals surface area (Å²) in [6.07, 6.45) is 0. The number of halogens is 2. The summed E-state index contributed by atoms with van der Waals surface area (Å²) in [6.45, 7) is 3.44. The number of aromatic nitrogens is 1. The molecular weight excluding hydrogens is 304 g/mol. The lowest BCUT2D eigenvalue weighted by molar-refractivity contribution is 0.388. The molecule has 1 N–H and O–H groups in total. The van der Waals surface area contributed by atoms with Crippen molar-refractivity contribution < 1.29 is 4.52 Å². The van der Waals surface area contributed by atoms with Gasteiger partial charge in [0, 0.05) is 23.6 Å². The monoisotopic (exact) mass is 316 g/mol. The van der Waals surface area contributed by atoms with Crippen molar-refractivity contribution >= 4 is 28.3 Å². The molecule has 0 aliphatic rings. The number of aryl methyl sites for hydroxylation is 1. The predicted molar refractivity (Wildman–Crippen MR) is 73.2 cm³/mol. The Hall–Kier alpha value is -0.840. The van der Waals surface area contributed by atoms with Crippen LogP contribution in [0.2, 0.25) is 0 Å². The van der Waals surface area contributed by atoms with Gasteiger partial charge in [0.25, 0.3) is 0 Å². The minimum atomic E-state index is 0. The number of benzene rings is 1. The van der Waals surface area contributed by atoms with Gasteiger partial charge < -0.3 is 9.84 Å². The van der Waals surface area contributed by atoms with Crippen molar-refractivity contribution in [1.29, 1.82) is 0 Å². The summed E-state index contributed by atoms with van der Waals surface area (Å²) >= 11 is 3.45. The maximum atomic E-state index is 4.99. The van der Waals surface area contributed by atoms with Crippen LogP contribution in [0, 0.1) is 6.92 Å². The average molecular weight is 318 g/mol. The largest absolute Gasteiger partial charge is 0.361 e. The molecule has 1 aromatic carbocycles. The summed E-state index contributed by atoms with van der Waals surface area (Å²) in [5.41, 5.74) is 2.18. The summed E-state index contributed by atoms with van der Waals surface area (Å²) < 4.78 is 6.09. The fraction of sp³-hybridized carbons (Fsp3) is 0.250. The van der Waals surface area contributed by atoms with Crippen molar-refractivity contribution in [3.63, 3.8) is 0 Å². The lowest BCUT2D eigenvalue weighted by Crippen LogP contribution is -2.12. The van der Waals surface area contributed by atoms with E-state index < -0.39 is 0 Å². The molecule has 5 heteroatoms. The van der Waals surface area contributed by atoms with Crippen molar-refractivity contribution in [2.45, 2.75) is 20.0 Å². The summed E-state index contributed by atoms with van der Waals surface area (Å²) in [4.78, 5) is 0. The first-order chi connectivity index (χ1) is 7.74. The van der Waals surface area contributed by atoms with Crippen molar-refractivity contribution in [3.05, 3.63) is 51.8 Å². The van der Waals surface area contributed by atoms with Gasteiger partial charge in [0.1, 0.15) is 5.76 Å². The van der Waals surface area contributed by atoms with Crippen LogP contribution < -0.4 is 5.32 Å². The molecule has 0 aliphatic heterocycles. The Morgan fingerprint density at radius 1 is 1.29 bits per heavy atom. The Bertz CT molecular complexity index is 473. The van der Waals surface area contributed by atoms with E-state index in [-0.39, 0.29) is 12.4 Å². The van der Waals surface area contributed by atoms with Gasteiger partial charge in [0.15, 0.2) is 0 Å². The zero-order valence-electron chi connectivity index (χ0n) is 9.44. The highest BCUT2D eigenvalue weighted by molar-refractivity contribution is 9.10. The number of nitrogens with zero attached hydrogens (tertiary/aromatic N) is 1. The topological polar surface area (TPSA) is 38.1 Å². The SMILES string of the molecule is Cc1cc(CNCc2cccc(Br)c2)no1.Cl. The first-order valence-corrected chi connectivity index (χ1v) is 5.91. The highest BCUT2D eigenvalue weighted by atomic mass is 79.9. The lowest BCUT2D eigenvalue weighted by Gasteiger charge is -2.02. The second-order valence-corrected chi connectivity index (χ2v) is 4.58. The number of hydrogen-bond donors (Lipinski definition) is 1. The zero-order valence-corrected chi connectivity index (χ0v) is 11.8. The Morgan fingerprint density at radius 3 is 2.76 bits per heavy atom. The lowest BCUT2D eigenvalue weighted by atomic mass is 10.2. The molecule has 0 radical (unpaired) electrons. The molecule has 0 amide bonds. The van der Waals surface area contributed by atoms with E-state index in [4.69, 9.17) is 4.52 Å². The molecule has 0 aliphatic carbocycles. The molecule has 0 spiro atoms. The number of hydrogen-bond acceptors (Lipinski definition) is 3. The third-order valence-electron chi connectivity index (χ3n) is 2.20. The van der Waals surface area contributed by atoms with Crippen LogP contribution in [0.15, 0.2) is 39.3 Å². The second-order valence-electron chi connectivity index (χ2n) is 3.66. The van der Waals surface area contributed by atoms with E-state index in [1.807, 2.05) is 25.1 Å². The molecule has 0 saturated heterocycles. The van der Waals surface area contributed by atoms with Gasteiger partial charge in [-0.2, -0.15) is 0 Å². The van der Waals surface area contributed by atoms with E-state index in [9.17, 15) is 0 Å². The first-order valence-electron chi connectivity index (χ1n) is 5.11. The molecule has 0 saturated carbocycles. The molecule has 0 fully saturated rings. The van der Waals surface area contributed by atoms with E-state index in [1.165, 1.54) is 5.56 Å². The van der Waals surface area contributed by atoms with Crippen molar-refractivity contribution in [2.75, 3.05) is 0 Å². The van der Waals surface area contributed by atoms with Gasteiger partial charge in [-0.3, -0.25) is 0 Å². The van der Waals surface area contributed by atoms with Crippen LogP contribution in [0.4, 0.5) is 0 Å². The Balaban J connectivity index is 0.00000144. The van der Waals surface area contributed by atoms with Gasteiger partial charge in [-0.05, 0) is 24.6 Å². The minimum absolute atomic E-state index is 0. The summed E-state index contributed by atoms with van der Waals surface area (Å²) in [5, 5.41) is 7.23. The molecule has 0 bridgehead atoms. The third kappa shape index (κ3) is 4.50. The molecule has 0 unspecified atom stereocenters. The third-order valence-corrected chi connectivity index (χ3v) is 2.69. The molecule has 2 aromatic rings. The van der Waals surface area contributed by atoms with Gasteiger partial charge in [0.05, 0.1) is 5.69 Å². The molecule has 2 rings (SSSR count). The molecule has 17 heavy (non-hydrogen) atoms. The fourth-order valence-electron chi connectivity index (χ4n) is 1.48. The van der Waals surface area contributed by atoms with Gasteiger partial charge in [0.2, 0.25) is 0 Å².